The molecule has 6 rings (SSSR count). The number of carbonyl (C=O) groups is 1. The molecule has 1 aliphatic heterocycles. The highest BCUT2D eigenvalue weighted by Gasteiger charge is 2.40. The molecule has 2 N–H and O–H groups in total. The summed E-state index contributed by atoms with van der Waals surface area (Å²) < 4.78 is 70.5. The molecule has 0 unspecified atom stereocenters. The lowest BCUT2D eigenvalue weighted by molar-refractivity contribution is -0.142. The van der Waals surface area contributed by atoms with E-state index in [0.29, 0.717) is 31.6 Å². The maximum Gasteiger partial charge on any atom is 0.434 e. The Balaban J connectivity index is 1.27. The van der Waals surface area contributed by atoms with E-state index < -0.39 is 29.3 Å². The third kappa shape index (κ3) is 5.11. The SMILES string of the molecule is O=C(Nc1ccc(Oc2ccnc3[nH]c(=O)n(C4CCOCC4)c23)c(F)c1)c1ncn(-c2ccccc2)c1C(F)(F)F. The highest BCUT2D eigenvalue weighted by molar-refractivity contribution is 6.04. The minimum atomic E-state index is -4.90. The molecule has 216 valence electrons. The maximum absolute atomic E-state index is 15.2. The molecular formula is C28H22F4N6O4. The van der Waals surface area contributed by atoms with Gasteiger partial charge in [0.2, 0.25) is 0 Å². The number of pyridine rings is 1. The van der Waals surface area contributed by atoms with E-state index in [9.17, 15) is 22.8 Å². The van der Waals surface area contributed by atoms with E-state index in [2.05, 4.69) is 20.3 Å². The van der Waals surface area contributed by atoms with Crippen molar-refractivity contribution >= 4 is 22.8 Å². The number of para-hydroxylation sites is 1. The maximum atomic E-state index is 15.2. The van der Waals surface area contributed by atoms with Crippen molar-refractivity contribution in [1.82, 2.24) is 24.1 Å². The van der Waals surface area contributed by atoms with Crippen molar-refractivity contribution in [2.24, 2.45) is 0 Å². The molecule has 1 amide bonds. The van der Waals surface area contributed by atoms with Crippen LogP contribution in [0.1, 0.15) is 35.1 Å². The van der Waals surface area contributed by atoms with Gasteiger partial charge >= 0.3 is 11.9 Å². The fraction of sp³-hybridized carbons (Fsp3) is 0.214. The lowest BCUT2D eigenvalue weighted by Gasteiger charge is -2.23. The fourth-order valence-electron chi connectivity index (χ4n) is 4.94. The molecule has 0 saturated carbocycles. The van der Waals surface area contributed by atoms with E-state index in [1.165, 1.54) is 41.1 Å². The summed E-state index contributed by atoms with van der Waals surface area (Å²) in [6, 6.07) is 12.4. The Hall–Kier alpha value is -4.98. The second-order valence-corrected chi connectivity index (χ2v) is 9.50. The highest BCUT2D eigenvalue weighted by atomic mass is 19.4. The number of hydrogen-bond donors (Lipinski definition) is 2. The van der Waals surface area contributed by atoms with Gasteiger partial charge in [-0.1, -0.05) is 18.2 Å². The van der Waals surface area contributed by atoms with E-state index in [1.54, 1.807) is 18.2 Å². The van der Waals surface area contributed by atoms with Crippen LogP contribution in [0.15, 0.2) is 71.9 Å². The van der Waals surface area contributed by atoms with Crippen molar-refractivity contribution in [2.75, 3.05) is 18.5 Å². The van der Waals surface area contributed by atoms with E-state index >= 15 is 4.39 Å². The molecule has 0 atom stereocenters. The number of rotatable bonds is 6. The summed E-state index contributed by atoms with van der Waals surface area (Å²) in [4.78, 5) is 36.1. The predicted octanol–water partition coefficient (Wildman–Crippen LogP) is 5.46. The van der Waals surface area contributed by atoms with Crippen LogP contribution in [0.4, 0.5) is 23.2 Å². The molecule has 5 aromatic rings. The Kier molecular flexibility index (Phi) is 6.98. The first-order chi connectivity index (χ1) is 20.2. The minimum absolute atomic E-state index is 0.118. The Labute approximate surface area is 234 Å². The summed E-state index contributed by atoms with van der Waals surface area (Å²) in [5.41, 5.74) is -1.85. The van der Waals surface area contributed by atoms with E-state index in [4.69, 9.17) is 9.47 Å². The van der Waals surface area contributed by atoms with Crippen molar-refractivity contribution in [3.63, 3.8) is 0 Å². The van der Waals surface area contributed by atoms with Gasteiger partial charge < -0.3 is 14.8 Å². The number of ether oxygens (including phenoxy) is 2. The zero-order valence-corrected chi connectivity index (χ0v) is 21.7. The monoisotopic (exact) mass is 582 g/mol. The molecule has 0 spiro atoms. The third-order valence-electron chi connectivity index (χ3n) is 6.82. The standard InChI is InChI=1S/C28H22F4N6O4/c29-19-14-16(35-26(39)22-24(28(30,31)32)37(15-34-22)17-4-2-1-3-5-17)6-7-20(19)42-21-8-11-33-25-23(21)38(27(40)36-25)18-9-12-41-13-10-18/h1-8,11,14-15,18H,9-10,12-13H2,(H,35,39)(H,33,36,40). The summed E-state index contributed by atoms with van der Waals surface area (Å²) in [6.07, 6.45) is -1.39. The van der Waals surface area contributed by atoms with Gasteiger partial charge in [-0.25, -0.2) is 19.2 Å². The van der Waals surface area contributed by atoms with Crippen LogP contribution in [0.3, 0.4) is 0 Å². The number of fused-ring (bicyclic) bond motifs is 1. The Morgan fingerprint density at radius 3 is 2.52 bits per heavy atom. The van der Waals surface area contributed by atoms with Crippen LogP contribution in [0.2, 0.25) is 0 Å². The second kappa shape index (κ2) is 10.8. The molecule has 14 heteroatoms. The molecule has 0 aliphatic carbocycles. The number of benzene rings is 2. The topological polar surface area (TPSA) is 116 Å². The van der Waals surface area contributed by atoms with E-state index in [1.807, 2.05) is 0 Å². The molecule has 0 radical (unpaired) electrons. The Morgan fingerprint density at radius 2 is 1.81 bits per heavy atom. The number of imidazole rings is 2. The summed E-state index contributed by atoms with van der Waals surface area (Å²) in [5.74, 6) is -2.15. The van der Waals surface area contributed by atoms with Crippen LogP contribution in [-0.2, 0) is 10.9 Å². The van der Waals surface area contributed by atoms with Crippen molar-refractivity contribution in [1.29, 1.82) is 0 Å². The van der Waals surface area contributed by atoms with Crippen molar-refractivity contribution < 1.29 is 31.8 Å². The molecular weight excluding hydrogens is 560 g/mol. The number of nitrogens with zero attached hydrogens (tertiary/aromatic N) is 4. The van der Waals surface area contributed by atoms with Crippen molar-refractivity contribution in [3.05, 3.63) is 94.8 Å². The van der Waals surface area contributed by atoms with Gasteiger partial charge in [0.15, 0.2) is 34.4 Å². The summed E-state index contributed by atoms with van der Waals surface area (Å²) in [7, 11) is 0. The van der Waals surface area contributed by atoms with Crippen LogP contribution >= 0.6 is 0 Å². The first kappa shape index (κ1) is 27.2. The van der Waals surface area contributed by atoms with E-state index in [-0.39, 0.29) is 40.3 Å². The van der Waals surface area contributed by atoms with Crippen LogP contribution in [0.25, 0.3) is 16.9 Å². The predicted molar refractivity (Wildman–Crippen MR) is 142 cm³/mol. The number of hydrogen-bond acceptors (Lipinski definition) is 6. The number of anilines is 1. The first-order valence-corrected chi connectivity index (χ1v) is 12.9. The average molecular weight is 583 g/mol. The normalized spacial score (nSPS) is 14.3. The molecule has 1 saturated heterocycles. The molecule has 4 heterocycles. The number of aromatic nitrogens is 5. The zero-order valence-electron chi connectivity index (χ0n) is 21.7. The highest BCUT2D eigenvalue weighted by Crippen LogP contribution is 2.35. The molecule has 10 nitrogen and oxygen atoms in total. The number of nitrogens with one attached hydrogen (secondary N) is 2. The number of halogens is 4. The molecule has 0 bridgehead atoms. The lowest BCUT2D eigenvalue weighted by Crippen LogP contribution is -2.27. The summed E-state index contributed by atoms with van der Waals surface area (Å²) >= 11 is 0. The number of amides is 1. The van der Waals surface area contributed by atoms with Crippen LogP contribution in [0, 0.1) is 5.82 Å². The van der Waals surface area contributed by atoms with Gasteiger partial charge in [-0.2, -0.15) is 13.2 Å². The van der Waals surface area contributed by atoms with Crippen molar-refractivity contribution in [2.45, 2.75) is 25.1 Å². The molecule has 1 fully saturated rings. The molecule has 1 aliphatic rings. The van der Waals surface area contributed by atoms with Gasteiger partial charge in [0.1, 0.15) is 11.8 Å². The number of aromatic amines is 1. The van der Waals surface area contributed by atoms with E-state index in [0.717, 1.165) is 17.0 Å². The smallest absolute Gasteiger partial charge is 0.434 e. The minimum Gasteiger partial charge on any atom is -0.452 e. The zero-order chi connectivity index (χ0) is 29.4. The molecule has 42 heavy (non-hydrogen) atoms. The van der Waals surface area contributed by atoms with Crippen LogP contribution in [0.5, 0.6) is 11.5 Å². The van der Waals surface area contributed by atoms with Crippen molar-refractivity contribution in [3.8, 4) is 17.2 Å². The molecule has 2 aromatic carbocycles. The largest absolute Gasteiger partial charge is 0.452 e. The quantitative estimate of drug-likeness (QED) is 0.257. The van der Waals surface area contributed by atoms with Gasteiger partial charge in [-0.05, 0) is 37.1 Å². The van der Waals surface area contributed by atoms with Gasteiger partial charge in [0.05, 0.1) is 0 Å². The number of H-pyrrole nitrogens is 1. The average Bonchev–Trinajstić information content (AvgIpc) is 3.57. The Morgan fingerprint density at radius 1 is 1.05 bits per heavy atom. The van der Waals surface area contributed by atoms with Gasteiger partial charge in [0, 0.05) is 49.0 Å². The molecule has 3 aromatic heterocycles. The number of carbonyl (C=O) groups excluding carboxylic acids is 1. The van der Waals surface area contributed by atoms with Gasteiger partial charge in [-0.3, -0.25) is 18.9 Å². The number of alkyl halides is 3. The first-order valence-electron chi connectivity index (χ1n) is 12.9. The van der Waals surface area contributed by atoms with Crippen LogP contribution in [-0.4, -0.2) is 43.2 Å². The van der Waals surface area contributed by atoms with Gasteiger partial charge in [-0.15, -0.1) is 0 Å². The van der Waals surface area contributed by atoms with Crippen LogP contribution < -0.4 is 15.7 Å². The van der Waals surface area contributed by atoms with Gasteiger partial charge in [0.25, 0.3) is 5.91 Å². The fourth-order valence-corrected chi connectivity index (χ4v) is 4.94. The Bertz CT molecular complexity index is 1820. The second-order valence-electron chi connectivity index (χ2n) is 9.50. The lowest BCUT2D eigenvalue weighted by atomic mass is 10.1. The summed E-state index contributed by atoms with van der Waals surface area (Å²) in [5, 5.41) is 2.27. The summed E-state index contributed by atoms with van der Waals surface area (Å²) in [6.45, 7) is 0.970. The third-order valence-corrected chi connectivity index (χ3v) is 6.82.